The Kier molecular flexibility index (Phi) is 6.27. The number of pyridine rings is 1. The summed E-state index contributed by atoms with van der Waals surface area (Å²) < 4.78 is 40.7. The van der Waals surface area contributed by atoms with Crippen LogP contribution in [0.5, 0.6) is 0 Å². The topological polar surface area (TPSA) is 153 Å². The van der Waals surface area contributed by atoms with E-state index in [-0.39, 0.29) is 5.56 Å². The first-order valence-corrected chi connectivity index (χ1v) is 8.50. The molecule has 4 N–H and O–H groups in total. The molecule has 1 amide bonds. The number of rotatable bonds is 8. The molecule has 1 aliphatic rings. The molecule has 1 aromatic rings. The summed E-state index contributed by atoms with van der Waals surface area (Å²) in [4.78, 5) is 24.0. The van der Waals surface area contributed by atoms with Crippen molar-refractivity contribution in [3.8, 4) is 0 Å². The summed E-state index contributed by atoms with van der Waals surface area (Å²) in [6.07, 6.45) is -0.839. The van der Waals surface area contributed by atoms with E-state index >= 15 is 0 Å². The molecular weight excluding hydrogens is 362 g/mol. The molecule has 5 atom stereocenters. The zero-order valence-electron chi connectivity index (χ0n) is 13.0. The van der Waals surface area contributed by atoms with Crippen molar-refractivity contribution in [3.63, 3.8) is 0 Å². The SMILES string of the molecule is COP(=O)(N=O)OCC1OC([n+]2cccc(C(N)=O)c2)[C@@H](NF)[C@@H]1O. The number of aliphatic hydroxyl groups excluding tert-OH is 1. The maximum Gasteiger partial charge on any atom is 0.489 e. The number of halogens is 1. The third kappa shape index (κ3) is 4.24. The minimum Gasteiger partial charge on any atom is -0.388 e. The second-order valence-corrected chi connectivity index (χ2v) is 6.85. The van der Waals surface area contributed by atoms with Crippen LogP contribution in [0.2, 0.25) is 0 Å². The minimum absolute atomic E-state index is 0.145. The molecule has 0 aromatic carbocycles. The van der Waals surface area contributed by atoms with Crippen LogP contribution in [0, 0.1) is 4.91 Å². The van der Waals surface area contributed by atoms with Crippen LogP contribution in [0.1, 0.15) is 16.6 Å². The zero-order chi connectivity index (χ0) is 18.6. The lowest BCUT2D eigenvalue weighted by Gasteiger charge is -2.15. The second kappa shape index (κ2) is 8.04. The number of hydrogen-bond donors (Lipinski definition) is 3. The van der Waals surface area contributed by atoms with E-state index in [1.54, 1.807) is 0 Å². The minimum atomic E-state index is -4.20. The molecule has 13 heteroatoms. The van der Waals surface area contributed by atoms with E-state index in [2.05, 4.69) is 9.47 Å². The molecular formula is C12H17FN4O7P+. The molecule has 11 nitrogen and oxygen atoms in total. The van der Waals surface area contributed by atoms with Crippen molar-refractivity contribution in [3.05, 3.63) is 35.0 Å². The van der Waals surface area contributed by atoms with Crippen LogP contribution < -0.4 is 15.8 Å². The quantitative estimate of drug-likeness (QED) is 0.241. The van der Waals surface area contributed by atoms with Crippen molar-refractivity contribution in [2.24, 2.45) is 10.7 Å². The van der Waals surface area contributed by atoms with E-state index in [1.807, 2.05) is 0 Å². The number of carbonyl (C=O) groups is 1. The highest BCUT2D eigenvalue weighted by Crippen LogP contribution is 2.49. The van der Waals surface area contributed by atoms with Gasteiger partial charge >= 0.3 is 7.75 Å². The summed E-state index contributed by atoms with van der Waals surface area (Å²) >= 11 is 0. The van der Waals surface area contributed by atoms with Gasteiger partial charge in [-0.1, -0.05) is 0 Å². The van der Waals surface area contributed by atoms with Crippen LogP contribution in [0.15, 0.2) is 29.5 Å². The number of aromatic nitrogens is 1. The van der Waals surface area contributed by atoms with Gasteiger partial charge in [-0.3, -0.25) is 13.8 Å². The Morgan fingerprint density at radius 2 is 2.36 bits per heavy atom. The molecule has 0 aliphatic carbocycles. The first-order valence-electron chi connectivity index (χ1n) is 7.00. The van der Waals surface area contributed by atoms with E-state index in [4.69, 9.17) is 15.0 Å². The van der Waals surface area contributed by atoms with Crippen molar-refractivity contribution >= 4 is 13.7 Å². The van der Waals surface area contributed by atoms with Crippen molar-refractivity contribution in [1.82, 2.24) is 5.54 Å². The third-order valence-corrected chi connectivity index (χ3v) is 4.77. The smallest absolute Gasteiger partial charge is 0.388 e. The van der Waals surface area contributed by atoms with E-state index in [9.17, 15) is 23.9 Å². The van der Waals surface area contributed by atoms with E-state index in [0.717, 1.165) is 7.11 Å². The molecule has 2 rings (SSSR count). The summed E-state index contributed by atoms with van der Waals surface area (Å²) in [6, 6.07) is 1.71. The highest BCUT2D eigenvalue weighted by Gasteiger charge is 2.50. The van der Waals surface area contributed by atoms with Crippen LogP contribution in [0.4, 0.5) is 4.48 Å². The van der Waals surface area contributed by atoms with E-state index in [0.29, 0.717) is 0 Å². The standard InChI is InChI=1S/C12H16FN4O7P/c1-22-25(21,16-20)23-6-8-10(18)9(15-13)12(24-8)17-4-2-3-7(5-17)11(14)19/h2-5,8-10,12,15,18H,6H2,1H3,(H-,14,19)/p+1/t8?,9-,10+,12?,25?/m0/s1. The van der Waals surface area contributed by atoms with Gasteiger partial charge in [-0.25, -0.2) is 4.57 Å². The van der Waals surface area contributed by atoms with Gasteiger partial charge in [-0.2, -0.15) is 4.57 Å². The van der Waals surface area contributed by atoms with Crippen LogP contribution in [0.25, 0.3) is 0 Å². The number of carbonyl (C=O) groups excluding carboxylic acids is 1. The van der Waals surface area contributed by atoms with Gasteiger partial charge in [0.15, 0.2) is 18.4 Å². The lowest BCUT2D eigenvalue weighted by molar-refractivity contribution is -0.762. The molecule has 3 unspecified atom stereocenters. The maximum atomic E-state index is 13.1. The predicted octanol–water partition coefficient (Wildman–Crippen LogP) is -0.289. The number of aliphatic hydroxyl groups is 1. The zero-order valence-corrected chi connectivity index (χ0v) is 13.9. The summed E-state index contributed by atoms with van der Waals surface area (Å²) in [7, 11) is -3.24. The summed E-state index contributed by atoms with van der Waals surface area (Å²) in [6.45, 7) is -0.539. The molecule has 1 aromatic heterocycles. The molecule has 1 aliphatic heterocycles. The summed E-state index contributed by atoms with van der Waals surface area (Å²) in [5.74, 6) is -0.698. The molecule has 0 radical (unpaired) electrons. The molecule has 1 saturated heterocycles. The fourth-order valence-electron chi connectivity index (χ4n) is 2.33. The second-order valence-electron chi connectivity index (χ2n) is 5.12. The lowest BCUT2D eigenvalue weighted by atomic mass is 10.1. The average molecular weight is 379 g/mol. The number of primary amides is 1. The van der Waals surface area contributed by atoms with Gasteiger partial charge in [0.2, 0.25) is 0 Å². The number of nitrogens with one attached hydrogen (secondary N) is 1. The predicted molar refractivity (Wildman–Crippen MR) is 79.5 cm³/mol. The Morgan fingerprint density at radius 1 is 1.64 bits per heavy atom. The highest BCUT2D eigenvalue weighted by atomic mass is 31.2. The van der Waals surface area contributed by atoms with Gasteiger partial charge in [-0.15, -0.1) is 14.9 Å². The molecule has 25 heavy (non-hydrogen) atoms. The molecule has 0 spiro atoms. The van der Waals surface area contributed by atoms with Crippen molar-refractivity contribution < 1.29 is 37.3 Å². The van der Waals surface area contributed by atoms with E-state index in [1.165, 1.54) is 34.6 Å². The number of hydrogen-bond acceptors (Lipinski definition) is 8. The summed E-state index contributed by atoms with van der Waals surface area (Å²) in [5.41, 5.74) is 6.75. The third-order valence-electron chi connectivity index (χ3n) is 3.63. The molecule has 138 valence electrons. The average Bonchev–Trinajstić information content (AvgIpc) is 2.95. The van der Waals surface area contributed by atoms with E-state index < -0.39 is 44.7 Å². The highest BCUT2D eigenvalue weighted by molar-refractivity contribution is 7.52. The number of nitrogens with two attached hydrogens (primary N) is 1. The van der Waals surface area contributed by atoms with Crippen LogP contribution >= 0.6 is 7.75 Å². The van der Waals surface area contributed by atoms with Gasteiger partial charge in [0.25, 0.3) is 12.1 Å². The molecule has 0 bridgehead atoms. The maximum absolute atomic E-state index is 13.1. The first kappa shape index (κ1) is 19.5. The molecule has 2 heterocycles. The number of nitroso groups, excluding NO2 is 1. The van der Waals surface area contributed by atoms with Gasteiger partial charge in [0.05, 0.1) is 6.61 Å². The summed E-state index contributed by atoms with van der Waals surface area (Å²) in [5, 5.41) is 10.1. The van der Waals surface area contributed by atoms with Crippen molar-refractivity contribution in [1.29, 1.82) is 0 Å². The van der Waals surface area contributed by atoms with Crippen LogP contribution in [-0.4, -0.2) is 43.0 Å². The van der Waals surface area contributed by atoms with Gasteiger partial charge in [0, 0.05) is 18.1 Å². The van der Waals surface area contributed by atoms with Crippen LogP contribution in [-0.2, 0) is 18.3 Å². The van der Waals surface area contributed by atoms with Gasteiger partial charge < -0.3 is 15.6 Å². The normalized spacial score (nSPS) is 28.4. The lowest BCUT2D eigenvalue weighted by Crippen LogP contribution is -2.50. The van der Waals surface area contributed by atoms with Gasteiger partial charge in [-0.05, 0) is 6.07 Å². The Labute approximate surface area is 141 Å². The first-order chi connectivity index (χ1) is 11.8. The number of ether oxygens (including phenoxy) is 1. The van der Waals surface area contributed by atoms with Gasteiger partial charge in [0.1, 0.15) is 17.8 Å². The fourth-order valence-corrected chi connectivity index (χ4v) is 2.88. The molecule has 0 saturated carbocycles. The van der Waals surface area contributed by atoms with Crippen LogP contribution in [0.3, 0.4) is 0 Å². The van der Waals surface area contributed by atoms with Crippen molar-refractivity contribution in [2.45, 2.75) is 24.5 Å². The monoisotopic (exact) mass is 379 g/mol. The Balaban J connectivity index is 2.18. The molecule has 1 fully saturated rings. The number of amides is 1. The largest absolute Gasteiger partial charge is 0.489 e. The Hall–Kier alpha value is -1.82. The Morgan fingerprint density at radius 3 is 2.92 bits per heavy atom. The fraction of sp³-hybridized carbons (Fsp3) is 0.500. The number of nitrogens with zero attached hydrogens (tertiary/aromatic N) is 2. The van der Waals surface area contributed by atoms with Crippen molar-refractivity contribution in [2.75, 3.05) is 13.7 Å². The Bertz CT molecular complexity index is 693.